The van der Waals surface area contributed by atoms with Crippen LogP contribution < -0.4 is 5.32 Å². The third-order valence-corrected chi connectivity index (χ3v) is 15.1. The average molecular weight is 1140 g/mol. The third kappa shape index (κ3) is 36.4. The molecule has 2 aliphatic rings. The van der Waals surface area contributed by atoms with Crippen LogP contribution in [0.4, 0.5) is 0 Å². The fourth-order valence-electron chi connectivity index (χ4n) is 9.96. The van der Waals surface area contributed by atoms with Crippen LogP contribution in [-0.4, -0.2) is 140 Å². The van der Waals surface area contributed by atoms with Crippen molar-refractivity contribution in [1.82, 2.24) is 5.32 Å². The Bertz CT molecular complexity index is 1730. The lowest BCUT2D eigenvalue weighted by Crippen LogP contribution is -2.65. The molecule has 0 aliphatic carbocycles. The standard InChI is InChI=1S/C67H115NO13/c1-3-5-7-9-11-13-15-17-19-21-22-23-24-25-26-27-28-29-30-31-32-33-34-35-37-39-41-43-45-47-49-51-59(72)68-55(56(71)50-48-46-44-42-40-38-36-20-18-16-14-12-10-8-6-4-2)54-78-66-64(77)62(75)65(58(53-70)80-66)81-67-63(76)61(74)60(73)57(52-69)79-67/h5,7,11,13,17,19,22-23,25-26,28-29,31-32,34-35,55-58,60-67,69-71,73-77H,3-4,6,8-10,12,14-16,18,20-21,24,27,30,33,36-54H2,1-2H3,(H,68,72)/b7-5-,13-11-,19-17-,23-22-,26-25-,29-28-,32-31-,35-34-. The smallest absolute Gasteiger partial charge is 0.220 e. The molecule has 0 aromatic carbocycles. The second-order valence-electron chi connectivity index (χ2n) is 22.2. The number of aliphatic hydroxyl groups is 8. The molecule has 2 rings (SSSR count). The van der Waals surface area contributed by atoms with Gasteiger partial charge in [0.25, 0.3) is 0 Å². The van der Waals surface area contributed by atoms with Gasteiger partial charge in [0.05, 0.1) is 32.0 Å². The van der Waals surface area contributed by atoms with Gasteiger partial charge in [-0.1, -0.05) is 239 Å². The van der Waals surface area contributed by atoms with E-state index in [0.29, 0.717) is 12.8 Å². The summed E-state index contributed by atoms with van der Waals surface area (Å²) in [4.78, 5) is 13.3. The van der Waals surface area contributed by atoms with E-state index in [2.05, 4.69) is 116 Å². The summed E-state index contributed by atoms with van der Waals surface area (Å²) in [5.41, 5.74) is 0. The van der Waals surface area contributed by atoms with Crippen LogP contribution in [0.25, 0.3) is 0 Å². The first-order valence-corrected chi connectivity index (χ1v) is 32.0. The normalized spacial score (nSPS) is 24.8. The summed E-state index contributed by atoms with van der Waals surface area (Å²) in [7, 11) is 0. The summed E-state index contributed by atoms with van der Waals surface area (Å²) in [6, 6.07) is -0.844. The maximum atomic E-state index is 13.3. The summed E-state index contributed by atoms with van der Waals surface area (Å²) in [5, 5.41) is 87.4. The van der Waals surface area contributed by atoms with E-state index in [1.54, 1.807) is 0 Å². The first-order valence-electron chi connectivity index (χ1n) is 32.0. The Morgan fingerprint density at radius 3 is 1.31 bits per heavy atom. The summed E-state index contributed by atoms with van der Waals surface area (Å²) < 4.78 is 22.8. The average Bonchev–Trinajstić information content (AvgIpc) is 3.47. The monoisotopic (exact) mass is 1140 g/mol. The zero-order chi connectivity index (χ0) is 58.8. The van der Waals surface area contributed by atoms with Crippen LogP contribution in [0.15, 0.2) is 97.2 Å². The summed E-state index contributed by atoms with van der Waals surface area (Å²) >= 11 is 0. The second-order valence-corrected chi connectivity index (χ2v) is 22.2. The maximum absolute atomic E-state index is 13.3. The van der Waals surface area contributed by atoms with E-state index in [1.165, 1.54) is 77.0 Å². The number of hydrogen-bond acceptors (Lipinski definition) is 13. The van der Waals surface area contributed by atoms with Crippen LogP contribution in [0.2, 0.25) is 0 Å². The number of rotatable bonds is 50. The minimum absolute atomic E-state index is 0.224. The Morgan fingerprint density at radius 2 is 0.852 bits per heavy atom. The Labute approximate surface area is 490 Å². The molecular weight excluding hydrogens is 1030 g/mol. The molecule has 2 saturated heterocycles. The van der Waals surface area contributed by atoms with Gasteiger partial charge >= 0.3 is 0 Å². The van der Waals surface area contributed by atoms with Gasteiger partial charge in [0.2, 0.25) is 5.91 Å². The highest BCUT2D eigenvalue weighted by Gasteiger charge is 2.51. The quantitative estimate of drug-likeness (QED) is 0.0204. The van der Waals surface area contributed by atoms with Gasteiger partial charge in [0.15, 0.2) is 12.6 Å². The molecule has 14 heteroatoms. The molecule has 12 atom stereocenters. The molecule has 2 aliphatic heterocycles. The Hall–Kier alpha value is -3.09. The van der Waals surface area contributed by atoms with Crippen molar-refractivity contribution in [3.05, 3.63) is 97.2 Å². The van der Waals surface area contributed by atoms with E-state index in [9.17, 15) is 45.6 Å². The Balaban J connectivity index is 1.71. The summed E-state index contributed by atoms with van der Waals surface area (Å²) in [6.07, 6.45) is 54.0. The van der Waals surface area contributed by atoms with E-state index in [4.69, 9.17) is 18.9 Å². The third-order valence-electron chi connectivity index (χ3n) is 15.1. The predicted octanol–water partition coefficient (Wildman–Crippen LogP) is 11.8. The molecule has 0 bridgehead atoms. The zero-order valence-electron chi connectivity index (χ0n) is 50.2. The maximum Gasteiger partial charge on any atom is 0.220 e. The van der Waals surface area contributed by atoms with E-state index in [-0.39, 0.29) is 18.9 Å². The number of aliphatic hydroxyl groups excluding tert-OH is 8. The van der Waals surface area contributed by atoms with E-state index in [1.807, 2.05) is 0 Å². The first kappa shape index (κ1) is 74.0. The molecule has 0 aromatic heterocycles. The van der Waals surface area contributed by atoms with Crippen molar-refractivity contribution in [1.29, 1.82) is 0 Å². The van der Waals surface area contributed by atoms with Gasteiger partial charge in [0, 0.05) is 6.42 Å². The van der Waals surface area contributed by atoms with Crippen LogP contribution >= 0.6 is 0 Å². The fraction of sp³-hybridized carbons (Fsp3) is 0.746. The molecule has 9 N–H and O–H groups in total. The number of hydrogen-bond donors (Lipinski definition) is 9. The van der Waals surface area contributed by atoms with Gasteiger partial charge in [-0.25, -0.2) is 0 Å². The number of unbranched alkanes of at least 4 members (excludes halogenated alkanes) is 21. The Kier molecular flexibility index (Phi) is 46.9. The van der Waals surface area contributed by atoms with E-state index in [0.717, 1.165) is 116 Å². The molecule has 12 unspecified atom stereocenters. The van der Waals surface area contributed by atoms with E-state index < -0.39 is 86.8 Å². The summed E-state index contributed by atoms with van der Waals surface area (Å²) in [5.74, 6) is -0.224. The highest BCUT2D eigenvalue weighted by molar-refractivity contribution is 5.76. The minimum atomic E-state index is -1.79. The molecule has 2 heterocycles. The first-order chi connectivity index (χ1) is 39.6. The van der Waals surface area contributed by atoms with Crippen molar-refractivity contribution in [3.63, 3.8) is 0 Å². The number of carbonyl (C=O) groups excluding carboxylic acids is 1. The van der Waals surface area contributed by atoms with Crippen molar-refractivity contribution in [2.24, 2.45) is 0 Å². The highest BCUT2D eigenvalue weighted by atomic mass is 16.7. The lowest BCUT2D eigenvalue weighted by Gasteiger charge is -2.46. The Morgan fingerprint density at radius 1 is 0.457 bits per heavy atom. The lowest BCUT2D eigenvalue weighted by molar-refractivity contribution is -0.359. The van der Waals surface area contributed by atoms with Crippen LogP contribution in [0.1, 0.15) is 226 Å². The van der Waals surface area contributed by atoms with Crippen molar-refractivity contribution in [3.8, 4) is 0 Å². The van der Waals surface area contributed by atoms with Gasteiger partial charge in [0.1, 0.15) is 48.8 Å². The minimum Gasteiger partial charge on any atom is -0.394 e. The SMILES string of the molecule is CC/C=C\C/C=C\C/C=C\C/C=C\C/C=C\C/C=C\C/C=C\C/C=C\CCCCCCCCC(=O)NC(COC1OC(CO)C(OC2OC(CO)C(O)C(O)C2O)C(O)C1O)C(O)CCCCCCCCCCCCCCCCCC. The molecule has 0 radical (unpaired) electrons. The zero-order valence-corrected chi connectivity index (χ0v) is 50.2. The molecule has 0 aromatic rings. The van der Waals surface area contributed by atoms with Gasteiger partial charge < -0.3 is 65.1 Å². The van der Waals surface area contributed by atoms with Gasteiger partial charge in [-0.05, 0) is 77.0 Å². The van der Waals surface area contributed by atoms with Gasteiger partial charge in [-0.3, -0.25) is 4.79 Å². The fourth-order valence-corrected chi connectivity index (χ4v) is 9.96. The molecule has 466 valence electrons. The van der Waals surface area contributed by atoms with Gasteiger partial charge in [-0.2, -0.15) is 0 Å². The molecule has 81 heavy (non-hydrogen) atoms. The summed E-state index contributed by atoms with van der Waals surface area (Å²) in [6.45, 7) is 2.73. The topological polar surface area (TPSA) is 228 Å². The molecule has 1 amide bonds. The van der Waals surface area contributed by atoms with Crippen LogP contribution in [-0.2, 0) is 23.7 Å². The van der Waals surface area contributed by atoms with Crippen LogP contribution in [0.5, 0.6) is 0 Å². The van der Waals surface area contributed by atoms with Crippen molar-refractivity contribution in [2.45, 2.75) is 299 Å². The predicted molar refractivity (Wildman–Crippen MR) is 327 cm³/mol. The lowest BCUT2D eigenvalue weighted by atomic mass is 9.97. The van der Waals surface area contributed by atoms with Crippen LogP contribution in [0, 0.1) is 0 Å². The number of allylic oxidation sites excluding steroid dienone is 16. The number of carbonyl (C=O) groups is 1. The van der Waals surface area contributed by atoms with Crippen molar-refractivity contribution >= 4 is 5.91 Å². The number of ether oxygens (including phenoxy) is 4. The van der Waals surface area contributed by atoms with E-state index >= 15 is 0 Å². The van der Waals surface area contributed by atoms with Crippen LogP contribution in [0.3, 0.4) is 0 Å². The van der Waals surface area contributed by atoms with Crippen molar-refractivity contribution in [2.75, 3.05) is 19.8 Å². The largest absolute Gasteiger partial charge is 0.394 e. The molecule has 2 fully saturated rings. The van der Waals surface area contributed by atoms with Crippen molar-refractivity contribution < 1.29 is 64.6 Å². The molecule has 0 saturated carbocycles. The second kappa shape index (κ2) is 51.3. The van der Waals surface area contributed by atoms with Gasteiger partial charge in [-0.15, -0.1) is 0 Å². The molecule has 14 nitrogen and oxygen atoms in total. The molecular formula is C67H115NO13. The highest BCUT2D eigenvalue weighted by Crippen LogP contribution is 2.30. The molecule has 0 spiro atoms. The number of amides is 1. The number of nitrogens with one attached hydrogen (secondary N) is 1.